The molecule has 6 heteroatoms. The number of carbonyl (C=O) groups is 1. The minimum Gasteiger partial charge on any atom is -0.378 e. The summed E-state index contributed by atoms with van der Waals surface area (Å²) in [6.07, 6.45) is 1.18. The lowest BCUT2D eigenvalue weighted by molar-refractivity contribution is 0.0258. The predicted molar refractivity (Wildman–Crippen MR) is 103 cm³/mol. The monoisotopic (exact) mass is 348 g/mol. The topological polar surface area (TPSA) is 74.8 Å². The lowest BCUT2D eigenvalue weighted by atomic mass is 10.0. The van der Waals surface area contributed by atoms with Gasteiger partial charge in [-0.15, -0.1) is 0 Å². The van der Waals surface area contributed by atoms with Crippen molar-refractivity contribution in [1.82, 2.24) is 16.0 Å². The molecule has 0 aliphatic carbocycles. The van der Waals surface area contributed by atoms with Crippen molar-refractivity contribution in [2.24, 2.45) is 10.9 Å². The fraction of sp³-hybridized carbons (Fsp3) is 0.579. The van der Waals surface area contributed by atoms with Gasteiger partial charge in [-0.2, -0.15) is 0 Å². The maximum Gasteiger partial charge on any atom is 0.251 e. The lowest BCUT2D eigenvalue weighted by Gasteiger charge is -2.21. The summed E-state index contributed by atoms with van der Waals surface area (Å²) in [4.78, 5) is 15.9. The van der Waals surface area contributed by atoms with Gasteiger partial charge in [0, 0.05) is 39.4 Å². The molecule has 0 radical (unpaired) electrons. The average Bonchev–Trinajstić information content (AvgIpc) is 2.62. The molecule has 0 saturated heterocycles. The number of aliphatic imine (C=N–C) groups is 1. The van der Waals surface area contributed by atoms with Crippen LogP contribution in [-0.2, 0) is 11.3 Å². The highest BCUT2D eigenvalue weighted by molar-refractivity contribution is 5.94. The van der Waals surface area contributed by atoms with Gasteiger partial charge in [0.05, 0.1) is 6.10 Å². The molecule has 1 aromatic rings. The van der Waals surface area contributed by atoms with Gasteiger partial charge in [0.2, 0.25) is 0 Å². The maximum atomic E-state index is 11.7. The van der Waals surface area contributed by atoms with Gasteiger partial charge in [-0.25, -0.2) is 0 Å². The van der Waals surface area contributed by atoms with Crippen LogP contribution < -0.4 is 16.0 Å². The van der Waals surface area contributed by atoms with Crippen LogP contribution >= 0.6 is 0 Å². The smallest absolute Gasteiger partial charge is 0.251 e. The van der Waals surface area contributed by atoms with Gasteiger partial charge < -0.3 is 20.7 Å². The second-order valence-corrected chi connectivity index (χ2v) is 6.16. The Bertz CT molecular complexity index is 558. The number of rotatable bonds is 9. The standard InChI is InChI=1S/C19H32N4O2/c1-6-25-17(14(2)3)10-11-22-19(21-5)23-13-15-8-7-9-16(12-15)18(24)20-4/h7-9,12,14,17H,6,10-11,13H2,1-5H3,(H,20,24)(H2,21,22,23). The average molecular weight is 348 g/mol. The largest absolute Gasteiger partial charge is 0.378 e. The molecule has 3 N–H and O–H groups in total. The summed E-state index contributed by atoms with van der Waals surface area (Å²) in [5.41, 5.74) is 1.68. The fourth-order valence-electron chi connectivity index (χ4n) is 2.53. The number of hydrogen-bond donors (Lipinski definition) is 3. The summed E-state index contributed by atoms with van der Waals surface area (Å²) in [6, 6.07) is 7.54. The van der Waals surface area contributed by atoms with E-state index in [9.17, 15) is 4.79 Å². The quantitative estimate of drug-likeness (QED) is 0.472. The van der Waals surface area contributed by atoms with Crippen LogP contribution in [0.15, 0.2) is 29.3 Å². The van der Waals surface area contributed by atoms with Crippen LogP contribution in [0, 0.1) is 5.92 Å². The third kappa shape index (κ3) is 7.56. The number of nitrogens with one attached hydrogen (secondary N) is 3. The zero-order valence-corrected chi connectivity index (χ0v) is 16.1. The van der Waals surface area contributed by atoms with Crippen molar-refractivity contribution in [2.75, 3.05) is 27.2 Å². The predicted octanol–water partition coefficient (Wildman–Crippen LogP) is 2.16. The third-order valence-corrected chi connectivity index (χ3v) is 3.95. The van der Waals surface area contributed by atoms with Crippen LogP contribution in [0.1, 0.15) is 43.1 Å². The van der Waals surface area contributed by atoms with Gasteiger partial charge in [-0.05, 0) is 37.0 Å². The van der Waals surface area contributed by atoms with Gasteiger partial charge in [-0.3, -0.25) is 9.79 Å². The van der Waals surface area contributed by atoms with E-state index >= 15 is 0 Å². The molecule has 1 rings (SSSR count). The highest BCUT2D eigenvalue weighted by atomic mass is 16.5. The molecule has 1 amide bonds. The first kappa shape index (κ1) is 21.0. The summed E-state index contributed by atoms with van der Waals surface area (Å²) < 4.78 is 5.76. The van der Waals surface area contributed by atoms with E-state index in [-0.39, 0.29) is 12.0 Å². The molecular weight excluding hydrogens is 316 g/mol. The molecular formula is C19H32N4O2. The zero-order valence-electron chi connectivity index (χ0n) is 16.1. The van der Waals surface area contributed by atoms with Crippen molar-refractivity contribution in [2.45, 2.75) is 39.8 Å². The number of benzene rings is 1. The molecule has 0 aromatic heterocycles. The van der Waals surface area contributed by atoms with Crippen LogP contribution in [0.25, 0.3) is 0 Å². The van der Waals surface area contributed by atoms with Crippen molar-refractivity contribution in [1.29, 1.82) is 0 Å². The van der Waals surface area contributed by atoms with Crippen molar-refractivity contribution >= 4 is 11.9 Å². The zero-order chi connectivity index (χ0) is 18.7. The highest BCUT2D eigenvalue weighted by Crippen LogP contribution is 2.10. The second-order valence-electron chi connectivity index (χ2n) is 6.16. The molecule has 0 aliphatic rings. The van der Waals surface area contributed by atoms with E-state index in [2.05, 4.69) is 34.8 Å². The normalized spacial score (nSPS) is 12.8. The van der Waals surface area contributed by atoms with Crippen molar-refractivity contribution < 1.29 is 9.53 Å². The first-order valence-corrected chi connectivity index (χ1v) is 8.88. The molecule has 1 aromatic carbocycles. The van der Waals surface area contributed by atoms with Crippen molar-refractivity contribution in [3.63, 3.8) is 0 Å². The highest BCUT2D eigenvalue weighted by Gasteiger charge is 2.13. The molecule has 0 bridgehead atoms. The Morgan fingerprint density at radius 3 is 2.64 bits per heavy atom. The van der Waals surface area contributed by atoms with Crippen LogP contribution in [0.3, 0.4) is 0 Å². The third-order valence-electron chi connectivity index (χ3n) is 3.95. The molecule has 25 heavy (non-hydrogen) atoms. The number of amides is 1. The van der Waals surface area contributed by atoms with Gasteiger partial charge in [0.15, 0.2) is 5.96 Å². The summed E-state index contributed by atoms with van der Waals surface area (Å²) in [5.74, 6) is 1.15. The molecule has 1 atom stereocenters. The minimum atomic E-state index is -0.0833. The van der Waals surface area contributed by atoms with Gasteiger partial charge in [0.1, 0.15) is 0 Å². The van der Waals surface area contributed by atoms with Crippen LogP contribution in [0.2, 0.25) is 0 Å². The molecule has 0 fully saturated rings. The second kappa shape index (κ2) is 11.5. The number of ether oxygens (including phenoxy) is 1. The maximum absolute atomic E-state index is 11.7. The van der Waals surface area contributed by atoms with Crippen molar-refractivity contribution in [3.8, 4) is 0 Å². The Hall–Kier alpha value is -2.08. The first-order chi connectivity index (χ1) is 12.0. The fourth-order valence-corrected chi connectivity index (χ4v) is 2.53. The number of guanidine groups is 1. The van der Waals surface area contributed by atoms with E-state index in [4.69, 9.17) is 4.74 Å². The molecule has 0 spiro atoms. The minimum absolute atomic E-state index is 0.0833. The number of nitrogens with zero attached hydrogens (tertiary/aromatic N) is 1. The van der Waals surface area contributed by atoms with E-state index in [0.717, 1.165) is 31.1 Å². The van der Waals surface area contributed by atoms with Gasteiger partial charge in [0.25, 0.3) is 5.91 Å². The Labute approximate surface area is 151 Å². The molecule has 6 nitrogen and oxygen atoms in total. The van der Waals surface area contributed by atoms with Crippen LogP contribution in [0.5, 0.6) is 0 Å². The van der Waals surface area contributed by atoms with E-state index in [0.29, 0.717) is 18.0 Å². The Morgan fingerprint density at radius 1 is 1.28 bits per heavy atom. The first-order valence-electron chi connectivity index (χ1n) is 8.88. The van der Waals surface area contributed by atoms with Gasteiger partial charge in [-0.1, -0.05) is 26.0 Å². The molecule has 140 valence electrons. The lowest BCUT2D eigenvalue weighted by Crippen LogP contribution is -2.39. The Balaban J connectivity index is 2.48. The van der Waals surface area contributed by atoms with E-state index < -0.39 is 0 Å². The number of carbonyl (C=O) groups excluding carboxylic acids is 1. The molecule has 0 aliphatic heterocycles. The number of hydrogen-bond acceptors (Lipinski definition) is 3. The Kier molecular flexibility index (Phi) is 9.62. The van der Waals surface area contributed by atoms with E-state index in [1.807, 2.05) is 25.1 Å². The van der Waals surface area contributed by atoms with E-state index in [1.54, 1.807) is 20.2 Å². The van der Waals surface area contributed by atoms with E-state index in [1.165, 1.54) is 0 Å². The SMILES string of the molecule is CCOC(CCNC(=NC)NCc1cccc(C(=O)NC)c1)C(C)C. The Morgan fingerprint density at radius 2 is 2.04 bits per heavy atom. The van der Waals surface area contributed by atoms with Crippen molar-refractivity contribution in [3.05, 3.63) is 35.4 Å². The van der Waals surface area contributed by atoms with Gasteiger partial charge >= 0.3 is 0 Å². The summed E-state index contributed by atoms with van der Waals surface area (Å²) in [7, 11) is 3.38. The summed E-state index contributed by atoms with van der Waals surface area (Å²) >= 11 is 0. The summed E-state index contributed by atoms with van der Waals surface area (Å²) in [5, 5.41) is 9.22. The molecule has 1 unspecified atom stereocenters. The van der Waals surface area contributed by atoms with Crippen LogP contribution in [-0.4, -0.2) is 45.2 Å². The molecule has 0 heterocycles. The molecule has 0 saturated carbocycles. The van der Waals surface area contributed by atoms with Crippen LogP contribution in [0.4, 0.5) is 0 Å². The summed E-state index contributed by atoms with van der Waals surface area (Å²) in [6.45, 7) is 8.50.